The first kappa shape index (κ1) is 16.2. The number of phenols is 1. The normalized spacial score (nSPS) is 12.8. The van der Waals surface area contributed by atoms with Gasteiger partial charge in [-0.1, -0.05) is 6.07 Å². The van der Waals surface area contributed by atoms with Crippen molar-refractivity contribution in [1.29, 1.82) is 0 Å². The summed E-state index contributed by atoms with van der Waals surface area (Å²) in [4.78, 5) is 11.4. The number of amides is 1. The molecular formula is C14H21FN2O3. The molecule has 1 unspecified atom stereocenters. The van der Waals surface area contributed by atoms with E-state index in [4.69, 9.17) is 15.6 Å². The Hall–Kier alpha value is -1.82. The summed E-state index contributed by atoms with van der Waals surface area (Å²) < 4.78 is 18.2. The highest BCUT2D eigenvalue weighted by molar-refractivity contribution is 5.67. The molecule has 1 rings (SSSR count). The van der Waals surface area contributed by atoms with Gasteiger partial charge >= 0.3 is 6.09 Å². The van der Waals surface area contributed by atoms with Gasteiger partial charge in [-0.3, -0.25) is 0 Å². The number of aromatic hydroxyl groups is 1. The highest BCUT2D eigenvalue weighted by Gasteiger charge is 2.16. The molecule has 5 nitrogen and oxygen atoms in total. The number of hydrogen-bond acceptors (Lipinski definition) is 4. The molecule has 0 heterocycles. The fraction of sp³-hybridized carbons (Fsp3) is 0.500. The van der Waals surface area contributed by atoms with Gasteiger partial charge in [-0.25, -0.2) is 9.18 Å². The summed E-state index contributed by atoms with van der Waals surface area (Å²) in [7, 11) is 0. The van der Waals surface area contributed by atoms with Gasteiger partial charge < -0.3 is 20.9 Å². The van der Waals surface area contributed by atoms with Crippen LogP contribution in [0.4, 0.5) is 9.18 Å². The molecule has 0 aromatic heterocycles. The van der Waals surface area contributed by atoms with E-state index in [-0.39, 0.29) is 12.6 Å². The predicted molar refractivity (Wildman–Crippen MR) is 74.0 cm³/mol. The number of rotatable bonds is 4. The average Bonchev–Trinajstić information content (AvgIpc) is 2.29. The highest BCUT2D eigenvalue weighted by atomic mass is 19.1. The van der Waals surface area contributed by atoms with Crippen molar-refractivity contribution in [2.75, 3.05) is 6.54 Å². The number of nitrogens with one attached hydrogen (secondary N) is 1. The Bertz CT molecular complexity index is 472. The first-order valence-corrected chi connectivity index (χ1v) is 6.37. The zero-order valence-electron chi connectivity index (χ0n) is 11.9. The molecular weight excluding hydrogens is 263 g/mol. The number of halogens is 1. The van der Waals surface area contributed by atoms with E-state index >= 15 is 0 Å². The molecule has 1 amide bonds. The fourth-order valence-electron chi connectivity index (χ4n) is 1.58. The molecule has 0 spiro atoms. The lowest BCUT2D eigenvalue weighted by molar-refractivity contribution is 0.0524. The summed E-state index contributed by atoms with van der Waals surface area (Å²) in [5.74, 6) is -1.08. The molecule has 0 aliphatic heterocycles. The molecule has 4 N–H and O–H groups in total. The largest absolute Gasteiger partial charge is 0.505 e. The Morgan fingerprint density at radius 1 is 1.50 bits per heavy atom. The van der Waals surface area contributed by atoms with Crippen molar-refractivity contribution >= 4 is 6.09 Å². The van der Waals surface area contributed by atoms with Gasteiger partial charge in [0.1, 0.15) is 5.60 Å². The Balaban J connectivity index is 2.42. The zero-order chi connectivity index (χ0) is 15.3. The second-order valence-corrected chi connectivity index (χ2v) is 5.63. The molecule has 6 heteroatoms. The van der Waals surface area contributed by atoms with Crippen molar-refractivity contribution in [3.05, 3.63) is 29.6 Å². The van der Waals surface area contributed by atoms with Crippen LogP contribution in [0.3, 0.4) is 0 Å². The molecule has 1 atom stereocenters. The monoisotopic (exact) mass is 284 g/mol. The summed E-state index contributed by atoms with van der Waals surface area (Å²) in [6.07, 6.45) is -0.155. The Labute approximate surface area is 117 Å². The Morgan fingerprint density at radius 3 is 2.70 bits per heavy atom. The van der Waals surface area contributed by atoms with Gasteiger partial charge in [-0.15, -0.1) is 0 Å². The molecule has 0 aliphatic carbocycles. The van der Waals surface area contributed by atoms with E-state index in [0.29, 0.717) is 12.0 Å². The van der Waals surface area contributed by atoms with Gasteiger partial charge in [-0.05, 0) is 44.9 Å². The second kappa shape index (κ2) is 6.56. The van der Waals surface area contributed by atoms with Crippen LogP contribution in [0.5, 0.6) is 5.75 Å². The van der Waals surface area contributed by atoms with Crippen LogP contribution < -0.4 is 11.1 Å². The quantitative estimate of drug-likeness (QED) is 0.788. The summed E-state index contributed by atoms with van der Waals surface area (Å²) in [6.45, 7) is 5.53. The summed E-state index contributed by atoms with van der Waals surface area (Å²) >= 11 is 0. The molecule has 0 fully saturated rings. The topological polar surface area (TPSA) is 84.6 Å². The minimum atomic E-state index is -0.685. The maximum absolute atomic E-state index is 13.1. The maximum Gasteiger partial charge on any atom is 0.407 e. The number of carbonyl (C=O) groups excluding carboxylic acids is 1. The van der Waals surface area contributed by atoms with Crippen LogP contribution >= 0.6 is 0 Å². The number of benzene rings is 1. The third kappa shape index (κ3) is 5.88. The Kier molecular flexibility index (Phi) is 5.33. The van der Waals surface area contributed by atoms with Crippen molar-refractivity contribution in [2.45, 2.75) is 38.8 Å². The lowest BCUT2D eigenvalue weighted by atomic mass is 10.1. The zero-order valence-corrected chi connectivity index (χ0v) is 11.9. The SMILES string of the molecule is CC(C)(C)OC(=O)NCC(N)Cc1ccc(O)c(F)c1. The van der Waals surface area contributed by atoms with Gasteiger partial charge in [-0.2, -0.15) is 0 Å². The van der Waals surface area contributed by atoms with Gasteiger partial charge in [0.15, 0.2) is 11.6 Å². The van der Waals surface area contributed by atoms with Crippen LogP contribution in [-0.2, 0) is 11.2 Å². The molecule has 112 valence electrons. The average molecular weight is 284 g/mol. The molecule has 20 heavy (non-hydrogen) atoms. The molecule has 0 radical (unpaired) electrons. The molecule has 0 aliphatic rings. The van der Waals surface area contributed by atoms with E-state index in [1.807, 2.05) is 0 Å². The van der Waals surface area contributed by atoms with Gasteiger partial charge in [0.05, 0.1) is 0 Å². The minimum Gasteiger partial charge on any atom is -0.505 e. The van der Waals surface area contributed by atoms with Crippen molar-refractivity contribution in [3.63, 3.8) is 0 Å². The van der Waals surface area contributed by atoms with E-state index in [9.17, 15) is 9.18 Å². The van der Waals surface area contributed by atoms with E-state index in [0.717, 1.165) is 0 Å². The molecule has 1 aromatic rings. The Morgan fingerprint density at radius 2 is 2.15 bits per heavy atom. The van der Waals surface area contributed by atoms with Crippen LogP contribution in [0.1, 0.15) is 26.3 Å². The van der Waals surface area contributed by atoms with E-state index in [1.54, 1.807) is 26.8 Å². The van der Waals surface area contributed by atoms with Gasteiger partial charge in [0, 0.05) is 12.6 Å². The van der Waals surface area contributed by atoms with Crippen LogP contribution in [-0.4, -0.2) is 29.4 Å². The molecule has 0 bridgehead atoms. The van der Waals surface area contributed by atoms with E-state index < -0.39 is 23.3 Å². The third-order valence-corrected chi connectivity index (χ3v) is 2.42. The number of hydrogen-bond donors (Lipinski definition) is 3. The first-order chi connectivity index (χ1) is 9.17. The number of ether oxygens (including phenoxy) is 1. The molecule has 0 saturated heterocycles. The number of alkyl carbamates (subject to hydrolysis) is 1. The fourth-order valence-corrected chi connectivity index (χ4v) is 1.58. The molecule has 1 aromatic carbocycles. The number of nitrogens with two attached hydrogens (primary N) is 1. The standard InChI is InChI=1S/C14H21FN2O3/c1-14(2,3)20-13(19)17-8-10(16)6-9-4-5-12(18)11(15)7-9/h4-5,7,10,18H,6,8,16H2,1-3H3,(H,17,19). The highest BCUT2D eigenvalue weighted by Crippen LogP contribution is 2.16. The minimum absolute atomic E-state index is 0.220. The first-order valence-electron chi connectivity index (χ1n) is 6.37. The van der Waals surface area contributed by atoms with Crippen LogP contribution in [0, 0.1) is 5.82 Å². The van der Waals surface area contributed by atoms with Gasteiger partial charge in [0.2, 0.25) is 0 Å². The van der Waals surface area contributed by atoms with Crippen LogP contribution in [0.2, 0.25) is 0 Å². The molecule has 0 saturated carbocycles. The van der Waals surface area contributed by atoms with Crippen molar-refractivity contribution in [1.82, 2.24) is 5.32 Å². The van der Waals surface area contributed by atoms with Crippen molar-refractivity contribution in [2.24, 2.45) is 5.73 Å². The smallest absolute Gasteiger partial charge is 0.407 e. The van der Waals surface area contributed by atoms with Crippen molar-refractivity contribution in [3.8, 4) is 5.75 Å². The maximum atomic E-state index is 13.1. The summed E-state index contributed by atoms with van der Waals surface area (Å²) in [5.41, 5.74) is 5.94. The van der Waals surface area contributed by atoms with Crippen LogP contribution in [0.15, 0.2) is 18.2 Å². The van der Waals surface area contributed by atoms with Gasteiger partial charge in [0.25, 0.3) is 0 Å². The summed E-state index contributed by atoms with van der Waals surface area (Å²) in [5, 5.41) is 11.6. The second-order valence-electron chi connectivity index (χ2n) is 5.63. The lowest BCUT2D eigenvalue weighted by Gasteiger charge is -2.20. The van der Waals surface area contributed by atoms with Crippen molar-refractivity contribution < 1.29 is 19.0 Å². The third-order valence-electron chi connectivity index (χ3n) is 2.42. The predicted octanol–water partition coefficient (Wildman–Crippen LogP) is 1.93. The summed E-state index contributed by atoms with van der Waals surface area (Å²) in [6, 6.07) is 3.72. The number of phenolic OH excluding ortho intramolecular Hbond substituents is 1. The lowest BCUT2D eigenvalue weighted by Crippen LogP contribution is -2.41. The van der Waals surface area contributed by atoms with E-state index in [1.165, 1.54) is 12.1 Å². The number of carbonyl (C=O) groups is 1. The van der Waals surface area contributed by atoms with Crippen LogP contribution in [0.25, 0.3) is 0 Å². The van der Waals surface area contributed by atoms with E-state index in [2.05, 4.69) is 5.32 Å².